The van der Waals surface area contributed by atoms with Crippen molar-refractivity contribution >= 4 is 15.9 Å². The van der Waals surface area contributed by atoms with E-state index in [1.54, 1.807) is 37.4 Å². The third-order valence-electron chi connectivity index (χ3n) is 4.48. The Morgan fingerprint density at radius 2 is 1.68 bits per heavy atom. The summed E-state index contributed by atoms with van der Waals surface area (Å²) in [6, 6.07) is 12.5. The highest BCUT2D eigenvalue weighted by Gasteiger charge is 2.12. The van der Waals surface area contributed by atoms with Crippen molar-refractivity contribution in [2.24, 2.45) is 5.92 Å². The molecule has 4 heteroatoms. The van der Waals surface area contributed by atoms with Gasteiger partial charge in [-0.05, 0) is 55.5 Å². The second kappa shape index (κ2) is 11.7. The molecular weight excluding hydrogens is 368 g/mol. The third kappa shape index (κ3) is 8.30. The molecule has 0 aromatic heterocycles. The quantitative estimate of drug-likeness (QED) is 0.620. The fourth-order valence-electron chi connectivity index (χ4n) is 2.55. The minimum Gasteiger partial charge on any atom is -0.496 e. The molecule has 0 N–H and O–H groups in total. The van der Waals surface area contributed by atoms with Crippen molar-refractivity contribution in [2.75, 3.05) is 13.4 Å². The van der Waals surface area contributed by atoms with Crippen molar-refractivity contribution in [3.05, 3.63) is 65.2 Å². The van der Waals surface area contributed by atoms with Crippen LogP contribution in [0.2, 0.25) is 0 Å². The highest BCUT2D eigenvalue weighted by molar-refractivity contribution is 7.90. The molecule has 0 heterocycles. The van der Waals surface area contributed by atoms with Gasteiger partial charge in [0.15, 0.2) is 9.84 Å². The zero-order valence-corrected chi connectivity index (χ0v) is 18.8. The predicted octanol–water partition coefficient (Wildman–Crippen LogP) is 6.11. The molecule has 154 valence electrons. The van der Waals surface area contributed by atoms with E-state index in [4.69, 9.17) is 4.74 Å². The van der Waals surface area contributed by atoms with E-state index in [0.717, 1.165) is 18.1 Å². The van der Waals surface area contributed by atoms with Gasteiger partial charge in [0.2, 0.25) is 0 Å². The molecule has 0 bridgehead atoms. The molecule has 1 saturated carbocycles. The molecule has 1 aliphatic carbocycles. The lowest BCUT2D eigenvalue weighted by Crippen LogP contribution is -1.95. The molecule has 1 aliphatic rings. The van der Waals surface area contributed by atoms with Crippen LogP contribution < -0.4 is 4.74 Å². The van der Waals surface area contributed by atoms with Gasteiger partial charge < -0.3 is 4.74 Å². The zero-order chi connectivity index (χ0) is 21.2. The summed E-state index contributed by atoms with van der Waals surface area (Å²) in [6.07, 6.45) is 9.39. The number of hydrogen-bond acceptors (Lipinski definition) is 3. The topological polar surface area (TPSA) is 43.4 Å². The third-order valence-corrected chi connectivity index (χ3v) is 5.60. The van der Waals surface area contributed by atoms with E-state index < -0.39 is 9.84 Å². The Morgan fingerprint density at radius 1 is 1.11 bits per heavy atom. The van der Waals surface area contributed by atoms with Gasteiger partial charge >= 0.3 is 0 Å². The largest absolute Gasteiger partial charge is 0.496 e. The maximum Gasteiger partial charge on any atom is 0.175 e. The predicted molar refractivity (Wildman–Crippen MR) is 120 cm³/mol. The SMILES string of the molecule is C/C=C\c1c(C)ccc(OC)c1CC.CC1CC1.CS(=O)(=O)c1ccccc1. The molecule has 3 nitrogen and oxygen atoms in total. The van der Waals surface area contributed by atoms with Crippen LogP contribution in [0.4, 0.5) is 0 Å². The van der Waals surface area contributed by atoms with Crippen LogP contribution in [-0.4, -0.2) is 21.8 Å². The van der Waals surface area contributed by atoms with Crippen LogP contribution in [-0.2, 0) is 16.3 Å². The molecule has 2 aromatic rings. The Morgan fingerprint density at radius 3 is 2.04 bits per heavy atom. The van der Waals surface area contributed by atoms with Gasteiger partial charge in [-0.1, -0.05) is 63.1 Å². The second-order valence-electron chi connectivity index (χ2n) is 7.10. The van der Waals surface area contributed by atoms with Crippen LogP contribution in [0.5, 0.6) is 5.75 Å². The van der Waals surface area contributed by atoms with Crippen LogP contribution in [0.15, 0.2) is 53.4 Å². The molecule has 2 aromatic carbocycles. The van der Waals surface area contributed by atoms with Crippen LogP contribution in [0.1, 0.15) is 50.3 Å². The number of hydrogen-bond donors (Lipinski definition) is 0. The zero-order valence-electron chi connectivity index (χ0n) is 18.0. The van der Waals surface area contributed by atoms with E-state index in [-0.39, 0.29) is 0 Å². The average Bonchev–Trinajstić information content (AvgIpc) is 3.46. The van der Waals surface area contributed by atoms with Crippen LogP contribution >= 0.6 is 0 Å². The molecular formula is C24H34O3S. The summed E-state index contributed by atoms with van der Waals surface area (Å²) >= 11 is 0. The lowest BCUT2D eigenvalue weighted by atomic mass is 9.98. The average molecular weight is 403 g/mol. The van der Waals surface area contributed by atoms with Crippen molar-refractivity contribution < 1.29 is 13.2 Å². The summed E-state index contributed by atoms with van der Waals surface area (Å²) in [7, 11) is -1.28. The van der Waals surface area contributed by atoms with Crippen molar-refractivity contribution in [1.82, 2.24) is 0 Å². The minimum atomic E-state index is -3.00. The lowest BCUT2D eigenvalue weighted by molar-refractivity contribution is 0.410. The first kappa shape index (κ1) is 24.0. The smallest absolute Gasteiger partial charge is 0.175 e. The molecule has 0 amide bonds. The molecule has 0 radical (unpaired) electrons. The monoisotopic (exact) mass is 402 g/mol. The van der Waals surface area contributed by atoms with E-state index in [2.05, 4.69) is 39.0 Å². The number of aryl methyl sites for hydroxylation is 1. The fourth-order valence-corrected chi connectivity index (χ4v) is 3.20. The normalized spacial score (nSPS) is 13.2. The summed E-state index contributed by atoms with van der Waals surface area (Å²) in [5.74, 6) is 2.08. The molecule has 0 atom stereocenters. The first-order valence-electron chi connectivity index (χ1n) is 9.78. The molecule has 0 saturated heterocycles. The number of methoxy groups -OCH3 is 1. The first-order chi connectivity index (χ1) is 13.2. The van der Waals surface area contributed by atoms with Gasteiger partial charge in [0.05, 0.1) is 12.0 Å². The highest BCUT2D eigenvalue weighted by Crippen LogP contribution is 2.27. The number of allylic oxidation sites excluding steroid dienone is 1. The van der Waals surface area contributed by atoms with Gasteiger partial charge in [-0.15, -0.1) is 0 Å². The summed E-state index contributed by atoms with van der Waals surface area (Å²) in [6.45, 7) is 8.61. The molecule has 0 unspecified atom stereocenters. The standard InChI is InChI=1S/C13H18O.C7H8O2S.C4H8/c1-5-7-12-10(3)8-9-13(14-4)11(12)6-2;1-10(8,9)7-5-3-2-4-6-7;1-4-2-3-4/h5,7-9H,6H2,1-4H3;2-6H,1H3;4H,2-3H2,1H3/b7-5-;;. The molecule has 28 heavy (non-hydrogen) atoms. The summed E-state index contributed by atoms with van der Waals surface area (Å²) < 4.78 is 27.0. The van der Waals surface area contributed by atoms with Gasteiger partial charge in [0.25, 0.3) is 0 Å². The Hall–Kier alpha value is -2.07. The Labute approximate surface area is 171 Å². The minimum absolute atomic E-state index is 0.370. The Balaban J connectivity index is 0.000000241. The summed E-state index contributed by atoms with van der Waals surface area (Å²) in [4.78, 5) is 0.370. The second-order valence-corrected chi connectivity index (χ2v) is 9.11. The maximum atomic E-state index is 10.8. The van der Waals surface area contributed by atoms with E-state index in [1.807, 2.05) is 13.0 Å². The number of sulfone groups is 1. The van der Waals surface area contributed by atoms with Crippen molar-refractivity contribution in [3.63, 3.8) is 0 Å². The summed E-state index contributed by atoms with van der Waals surface area (Å²) in [5.41, 5.74) is 3.90. The van der Waals surface area contributed by atoms with Crippen molar-refractivity contribution in [2.45, 2.75) is 51.9 Å². The van der Waals surface area contributed by atoms with Crippen LogP contribution in [0, 0.1) is 12.8 Å². The van der Waals surface area contributed by atoms with E-state index in [0.29, 0.717) is 4.90 Å². The number of rotatable bonds is 4. The Bertz CT molecular complexity index is 849. The van der Waals surface area contributed by atoms with E-state index in [9.17, 15) is 8.42 Å². The van der Waals surface area contributed by atoms with Gasteiger partial charge in [-0.3, -0.25) is 0 Å². The van der Waals surface area contributed by atoms with Gasteiger partial charge in [-0.25, -0.2) is 8.42 Å². The number of benzene rings is 2. The van der Waals surface area contributed by atoms with Crippen molar-refractivity contribution in [1.29, 1.82) is 0 Å². The van der Waals surface area contributed by atoms with Gasteiger partial charge in [-0.2, -0.15) is 0 Å². The van der Waals surface area contributed by atoms with Gasteiger partial charge in [0, 0.05) is 11.8 Å². The molecule has 0 spiro atoms. The molecule has 3 rings (SSSR count). The van der Waals surface area contributed by atoms with Gasteiger partial charge in [0.1, 0.15) is 5.75 Å². The van der Waals surface area contributed by atoms with E-state index >= 15 is 0 Å². The number of ether oxygens (including phenoxy) is 1. The van der Waals surface area contributed by atoms with Crippen LogP contribution in [0.3, 0.4) is 0 Å². The Kier molecular flexibility index (Phi) is 10.0. The first-order valence-corrected chi connectivity index (χ1v) is 11.7. The van der Waals surface area contributed by atoms with Crippen LogP contribution in [0.25, 0.3) is 6.08 Å². The maximum absolute atomic E-state index is 10.8. The van der Waals surface area contributed by atoms with E-state index in [1.165, 1.54) is 35.8 Å². The summed E-state index contributed by atoms with van der Waals surface area (Å²) in [5, 5.41) is 0. The van der Waals surface area contributed by atoms with Crippen molar-refractivity contribution in [3.8, 4) is 5.75 Å². The fraction of sp³-hybridized carbons (Fsp3) is 0.417. The highest BCUT2D eigenvalue weighted by atomic mass is 32.2. The molecule has 1 fully saturated rings. The lowest BCUT2D eigenvalue weighted by Gasteiger charge is -2.12. The molecule has 0 aliphatic heterocycles.